The number of H-pyrrole nitrogens is 8. The summed E-state index contributed by atoms with van der Waals surface area (Å²) in [5.41, 5.74) is 8.44. The van der Waals surface area contributed by atoms with Gasteiger partial charge in [0, 0.05) is 123 Å². The van der Waals surface area contributed by atoms with Crippen LogP contribution in [0.2, 0.25) is 0 Å². The van der Waals surface area contributed by atoms with Gasteiger partial charge in [0.15, 0.2) is 5.65 Å². The number of aromatic nitrogens is 16. The molecule has 16 aromatic rings. The van der Waals surface area contributed by atoms with Crippen LogP contribution < -0.4 is 0 Å². The number of nitrogens with zero attached hydrogens (tertiary/aromatic N) is 8. The molecule has 0 saturated carbocycles. The van der Waals surface area contributed by atoms with Gasteiger partial charge in [0.2, 0.25) is 0 Å². The minimum absolute atomic E-state index is 0.845. The summed E-state index contributed by atoms with van der Waals surface area (Å²) in [6, 6.07) is 48.3. The molecule has 104 heavy (non-hydrogen) atoms. The summed E-state index contributed by atoms with van der Waals surface area (Å²) in [7, 11) is 0. The quantitative estimate of drug-likeness (QED) is 0.0726. The Hall–Kier alpha value is -10.5. The first-order valence-electron chi connectivity index (χ1n) is 38.8. The van der Waals surface area contributed by atoms with Crippen LogP contribution in [0.25, 0.3) is 87.6 Å². The van der Waals surface area contributed by atoms with Gasteiger partial charge in [-0.25, -0.2) is 19.9 Å². The highest BCUT2D eigenvalue weighted by Crippen LogP contribution is 2.12. The van der Waals surface area contributed by atoms with E-state index in [1.807, 2.05) is 387 Å². The summed E-state index contributed by atoms with van der Waals surface area (Å²) in [6.45, 7) is 64.0. The first kappa shape index (κ1) is 109. The predicted molar refractivity (Wildman–Crippen MR) is 470 cm³/mol. The van der Waals surface area contributed by atoms with Crippen molar-refractivity contribution in [3.8, 4) is 0 Å². The Morgan fingerprint density at radius 1 is 0.192 bits per heavy atom. The average molecular weight is 1430 g/mol. The molecule has 16 nitrogen and oxygen atoms in total. The van der Waals surface area contributed by atoms with Gasteiger partial charge >= 0.3 is 0 Å². The second kappa shape index (κ2) is 88.6. The maximum absolute atomic E-state index is 4.09. The Kier molecular flexibility index (Phi) is 93.3. The van der Waals surface area contributed by atoms with Crippen LogP contribution in [0.1, 0.15) is 222 Å². The van der Waals surface area contributed by atoms with Gasteiger partial charge in [-0.3, -0.25) is 20.2 Å². The number of aromatic amines is 8. The largest absolute Gasteiger partial charge is 0.361 e. The molecule has 3 aromatic carbocycles. The Bertz CT molecular complexity index is 3050. The number of pyridine rings is 4. The lowest BCUT2D eigenvalue weighted by atomic mass is 10.3. The number of nitrogens with one attached hydrogen (secondary N) is 8. The summed E-state index contributed by atoms with van der Waals surface area (Å²) in [5, 5.41) is 22.7. The van der Waals surface area contributed by atoms with E-state index in [1.54, 1.807) is 37.2 Å². The van der Waals surface area contributed by atoms with Crippen molar-refractivity contribution < 1.29 is 0 Å². The Morgan fingerprint density at radius 2 is 0.500 bits per heavy atom. The first-order valence-corrected chi connectivity index (χ1v) is 38.8. The van der Waals surface area contributed by atoms with E-state index in [9.17, 15) is 0 Å². The fourth-order valence-corrected chi connectivity index (χ4v) is 7.11. The smallest absolute Gasteiger partial charge is 0.155 e. The molecular formula is C88H144N16. The van der Waals surface area contributed by atoms with Crippen LogP contribution in [-0.4, -0.2) is 80.2 Å². The van der Waals surface area contributed by atoms with Crippen molar-refractivity contribution in [2.24, 2.45) is 0 Å². The SMILES string of the molecule is CC.CC.CC.CC.CC.CC.CC.CC.CC.CC.CC.CC.CC.CC.CC.CC.c1cc2[nH]ccc2cn1.c1cc2cc[nH]c2cn1.c1ccc2[nH]ccc2c1.c1ccc2[nH]ccc2c1.c1ccc2[nH]ncc2c1.c1cnc2[nH]ccc2c1.c1cnc2[nH]ncc2c1.c1ncc2cc[nH]c2n1. The maximum Gasteiger partial charge on any atom is 0.155 e. The molecule has 0 amide bonds. The van der Waals surface area contributed by atoms with Crippen LogP contribution >= 0.6 is 0 Å². The van der Waals surface area contributed by atoms with Gasteiger partial charge in [-0.1, -0.05) is 276 Å². The summed E-state index contributed by atoms with van der Waals surface area (Å²) < 4.78 is 0. The third-order valence-electron chi connectivity index (χ3n) is 10.7. The van der Waals surface area contributed by atoms with Crippen molar-refractivity contribution in [1.29, 1.82) is 0 Å². The van der Waals surface area contributed by atoms with Gasteiger partial charge in [-0.15, -0.1) is 0 Å². The normalized spacial score (nSPS) is 8.00. The topological polar surface area (TPSA) is 229 Å². The third-order valence-corrected chi connectivity index (χ3v) is 10.7. The van der Waals surface area contributed by atoms with E-state index in [0.717, 1.165) is 60.4 Å². The van der Waals surface area contributed by atoms with Crippen LogP contribution in [0, 0.1) is 0 Å². The molecule has 0 saturated heterocycles. The molecule has 576 valence electrons. The Balaban J connectivity index is -0.000000160. The lowest BCUT2D eigenvalue weighted by molar-refractivity contribution is 1.10. The maximum atomic E-state index is 4.09. The molecule has 0 aliphatic heterocycles. The van der Waals surface area contributed by atoms with Crippen molar-refractivity contribution in [2.75, 3.05) is 0 Å². The van der Waals surface area contributed by atoms with Crippen LogP contribution in [0.3, 0.4) is 0 Å². The van der Waals surface area contributed by atoms with E-state index in [-0.39, 0.29) is 0 Å². The Morgan fingerprint density at radius 3 is 0.942 bits per heavy atom. The zero-order valence-corrected chi connectivity index (χ0v) is 70.7. The number of hydrogen-bond acceptors (Lipinski definition) is 8. The van der Waals surface area contributed by atoms with E-state index in [1.165, 1.54) is 33.5 Å². The minimum Gasteiger partial charge on any atom is -0.361 e. The third kappa shape index (κ3) is 47.6. The number of para-hydroxylation sites is 3. The number of rotatable bonds is 0. The Labute approximate surface area is 630 Å². The van der Waals surface area contributed by atoms with Crippen LogP contribution in [0.15, 0.2) is 245 Å². The first-order chi connectivity index (χ1) is 51.7. The summed E-state index contributed by atoms with van der Waals surface area (Å²) in [4.78, 5) is 42.2. The molecule has 0 fully saturated rings. The highest BCUT2D eigenvalue weighted by atomic mass is 15.1. The fraction of sp³-hybridized carbons (Fsp3) is 0.364. The number of fused-ring (bicyclic) bond motifs is 8. The molecule has 13 aromatic heterocycles. The van der Waals surface area contributed by atoms with E-state index in [2.05, 4.69) is 117 Å². The minimum atomic E-state index is 0.845. The van der Waals surface area contributed by atoms with Gasteiger partial charge < -0.3 is 29.9 Å². The van der Waals surface area contributed by atoms with Gasteiger partial charge in [-0.2, -0.15) is 10.2 Å². The van der Waals surface area contributed by atoms with Crippen molar-refractivity contribution in [3.05, 3.63) is 245 Å². The molecule has 0 unspecified atom stereocenters. The summed E-state index contributed by atoms with van der Waals surface area (Å²) >= 11 is 0. The molecule has 0 radical (unpaired) electrons. The van der Waals surface area contributed by atoms with E-state index in [4.69, 9.17) is 0 Å². The van der Waals surface area contributed by atoms with Crippen molar-refractivity contribution in [3.63, 3.8) is 0 Å². The van der Waals surface area contributed by atoms with E-state index in [0.29, 0.717) is 0 Å². The molecule has 13 heterocycles. The fourth-order valence-electron chi connectivity index (χ4n) is 7.11. The van der Waals surface area contributed by atoms with Crippen LogP contribution in [0.5, 0.6) is 0 Å². The van der Waals surface area contributed by atoms with Crippen LogP contribution in [-0.2, 0) is 0 Å². The molecule has 0 aliphatic carbocycles. The van der Waals surface area contributed by atoms with Gasteiger partial charge in [0.1, 0.15) is 17.6 Å². The van der Waals surface area contributed by atoms with Crippen molar-refractivity contribution in [1.82, 2.24) is 80.2 Å². The van der Waals surface area contributed by atoms with Gasteiger partial charge in [-0.05, 0) is 102 Å². The summed E-state index contributed by atoms with van der Waals surface area (Å²) in [6.07, 6.45) is 29.1. The van der Waals surface area contributed by atoms with E-state index < -0.39 is 0 Å². The standard InChI is InChI=1S/2C8H7N.4C7H6N2.2C6H5N3.16C2H6/c2*1-2-4-8-7(3-1)5-6-9-8;1-4-9-7-2-3-8-5-6(1)7;1-3-8-5-7-6(1)2-4-9-7;1-2-6-3-5-9-7(6)8-4-1;1-2-4-7-6(3-1)5-8-9-7;1-2-8-6-5(1)3-7-4-9-6;1-2-5-4-8-9-6(5)7-3-1;16*1-2/h2*1-6,9H;2*1-5,9H;2*1-5H,(H,8,9);2*1-4H,(H,7,8,9);16*1-2H3. The van der Waals surface area contributed by atoms with Crippen LogP contribution in [0.4, 0.5) is 0 Å². The van der Waals surface area contributed by atoms with Gasteiger partial charge in [0.25, 0.3) is 0 Å². The molecule has 16 heteroatoms. The highest BCUT2D eigenvalue weighted by Gasteiger charge is 1.94. The molecule has 0 spiro atoms. The van der Waals surface area contributed by atoms with E-state index >= 15 is 0 Å². The van der Waals surface area contributed by atoms with Crippen molar-refractivity contribution >= 4 is 87.6 Å². The number of hydrogen-bond donors (Lipinski definition) is 8. The lowest BCUT2D eigenvalue weighted by Crippen LogP contribution is -1.75. The molecule has 0 aliphatic rings. The number of benzene rings is 3. The molecule has 16 rings (SSSR count). The average Bonchev–Trinajstić information content (AvgIpc) is 1.96. The highest BCUT2D eigenvalue weighted by molar-refractivity contribution is 5.81. The predicted octanol–water partition coefficient (Wildman–Crippen LogP) is 28.9. The molecular weight excluding hydrogens is 1280 g/mol. The molecule has 0 atom stereocenters. The van der Waals surface area contributed by atoms with Gasteiger partial charge in [0.05, 0.1) is 29.6 Å². The second-order valence-corrected chi connectivity index (χ2v) is 15.5. The van der Waals surface area contributed by atoms with Crippen molar-refractivity contribution in [2.45, 2.75) is 222 Å². The summed E-state index contributed by atoms with van der Waals surface area (Å²) in [5.74, 6) is 0. The zero-order chi connectivity index (χ0) is 80.8. The zero-order valence-electron chi connectivity index (χ0n) is 70.7. The molecule has 0 bridgehead atoms. The lowest BCUT2D eigenvalue weighted by Gasteiger charge is -1.83. The second-order valence-electron chi connectivity index (χ2n) is 15.5. The molecule has 8 N–H and O–H groups in total. The monoisotopic (exact) mass is 1430 g/mol.